The first kappa shape index (κ1) is 13.8. The van der Waals surface area contributed by atoms with Gasteiger partial charge in [-0.05, 0) is 43.4 Å². The van der Waals surface area contributed by atoms with Gasteiger partial charge in [0, 0.05) is 11.3 Å². The molecule has 0 amide bonds. The van der Waals surface area contributed by atoms with Crippen molar-refractivity contribution in [3.05, 3.63) is 30.1 Å². The highest BCUT2D eigenvalue weighted by Crippen LogP contribution is 2.29. The molecule has 0 heterocycles. The van der Waals surface area contributed by atoms with Gasteiger partial charge in [-0.15, -0.1) is 0 Å². The van der Waals surface area contributed by atoms with Gasteiger partial charge in [0.15, 0.2) is 0 Å². The van der Waals surface area contributed by atoms with Crippen molar-refractivity contribution >= 4 is 21.8 Å². The molecule has 0 bridgehead atoms. The third kappa shape index (κ3) is 3.05. The van der Waals surface area contributed by atoms with E-state index in [1.54, 1.807) is 11.8 Å². The Morgan fingerprint density at radius 1 is 1.28 bits per heavy atom. The Balaban J connectivity index is 2.14. The zero-order valence-electron chi connectivity index (χ0n) is 10.1. The van der Waals surface area contributed by atoms with Crippen LogP contribution in [0.2, 0.25) is 0 Å². The molecule has 6 heteroatoms. The highest BCUT2D eigenvalue weighted by atomic mass is 32.2. The van der Waals surface area contributed by atoms with Gasteiger partial charge in [-0.1, -0.05) is 6.42 Å². The van der Waals surface area contributed by atoms with Crippen molar-refractivity contribution in [2.75, 3.05) is 6.26 Å². The minimum atomic E-state index is -3.53. The Morgan fingerprint density at radius 3 is 2.56 bits per heavy atom. The quantitative estimate of drug-likeness (QED) is 0.925. The monoisotopic (exact) mass is 289 g/mol. The second-order valence-electron chi connectivity index (χ2n) is 4.39. The van der Waals surface area contributed by atoms with Gasteiger partial charge in [-0.2, -0.15) is 11.8 Å². The first-order chi connectivity index (χ1) is 8.53. The van der Waals surface area contributed by atoms with Crippen LogP contribution in [0.3, 0.4) is 0 Å². The van der Waals surface area contributed by atoms with Gasteiger partial charge in [0.1, 0.15) is 5.82 Å². The predicted molar refractivity (Wildman–Crippen MR) is 71.7 cm³/mol. The summed E-state index contributed by atoms with van der Waals surface area (Å²) in [6, 6.07) is 4.89. The summed E-state index contributed by atoms with van der Waals surface area (Å²) < 4.78 is 39.7. The minimum Gasteiger partial charge on any atom is -0.207 e. The zero-order valence-corrected chi connectivity index (χ0v) is 11.7. The van der Waals surface area contributed by atoms with Crippen LogP contribution in [0.15, 0.2) is 29.2 Å². The van der Waals surface area contributed by atoms with Crippen molar-refractivity contribution in [3.8, 4) is 0 Å². The first-order valence-corrected chi connectivity index (χ1v) is 8.61. The second-order valence-corrected chi connectivity index (χ2v) is 7.18. The molecule has 0 aliphatic heterocycles. The molecule has 2 atom stereocenters. The summed E-state index contributed by atoms with van der Waals surface area (Å²) >= 11 is 1.69. The third-order valence-corrected chi connectivity index (χ3v) is 5.86. The van der Waals surface area contributed by atoms with Crippen LogP contribution in [0.25, 0.3) is 0 Å². The van der Waals surface area contributed by atoms with E-state index in [4.69, 9.17) is 0 Å². The standard InChI is InChI=1S/C12H16FNO2S2/c1-17-12-4-2-3-11(12)14-18(15,16)10-7-5-9(13)6-8-10/h5-8,11-12,14H,2-4H2,1H3. The lowest BCUT2D eigenvalue weighted by molar-refractivity contribution is 0.554. The molecular formula is C12H16FNO2S2. The molecule has 3 nitrogen and oxygen atoms in total. The molecule has 18 heavy (non-hydrogen) atoms. The minimum absolute atomic E-state index is 0.0185. The molecule has 0 aromatic heterocycles. The maximum absolute atomic E-state index is 12.8. The van der Waals surface area contributed by atoms with Gasteiger partial charge in [0.05, 0.1) is 4.90 Å². The summed E-state index contributed by atoms with van der Waals surface area (Å²) in [5.74, 6) is -0.434. The lowest BCUT2D eigenvalue weighted by Gasteiger charge is -2.19. The van der Waals surface area contributed by atoms with Crippen molar-refractivity contribution in [3.63, 3.8) is 0 Å². The zero-order chi connectivity index (χ0) is 13.2. The van der Waals surface area contributed by atoms with Gasteiger partial charge in [0.25, 0.3) is 0 Å². The van der Waals surface area contributed by atoms with Gasteiger partial charge >= 0.3 is 0 Å². The average molecular weight is 289 g/mol. The highest BCUT2D eigenvalue weighted by molar-refractivity contribution is 7.99. The summed E-state index contributed by atoms with van der Waals surface area (Å²) in [7, 11) is -3.53. The van der Waals surface area contributed by atoms with Crippen molar-refractivity contribution in [1.82, 2.24) is 4.72 Å². The Hall–Kier alpha value is -0.590. The summed E-state index contributed by atoms with van der Waals surface area (Å²) in [5, 5.41) is 0.334. The SMILES string of the molecule is CSC1CCCC1NS(=O)(=O)c1ccc(F)cc1. The molecule has 1 aromatic carbocycles. The fourth-order valence-electron chi connectivity index (χ4n) is 2.22. The van der Waals surface area contributed by atoms with Crippen LogP contribution in [0.5, 0.6) is 0 Å². The van der Waals surface area contributed by atoms with Crippen LogP contribution in [0, 0.1) is 5.82 Å². The third-order valence-electron chi connectivity index (χ3n) is 3.19. The number of rotatable bonds is 4. The van der Waals surface area contributed by atoms with Crippen LogP contribution in [0.4, 0.5) is 4.39 Å². The summed E-state index contributed by atoms with van der Waals surface area (Å²) in [5.41, 5.74) is 0. The van der Waals surface area contributed by atoms with E-state index in [9.17, 15) is 12.8 Å². The fraction of sp³-hybridized carbons (Fsp3) is 0.500. The molecule has 0 radical (unpaired) electrons. The largest absolute Gasteiger partial charge is 0.240 e. The Labute approximate surface area is 111 Å². The average Bonchev–Trinajstić information content (AvgIpc) is 2.76. The van der Waals surface area contributed by atoms with E-state index in [0.29, 0.717) is 5.25 Å². The van der Waals surface area contributed by atoms with E-state index in [-0.39, 0.29) is 10.9 Å². The Kier molecular flexibility index (Phi) is 4.29. The topological polar surface area (TPSA) is 46.2 Å². The number of halogens is 1. The maximum atomic E-state index is 12.8. The van der Waals surface area contributed by atoms with Crippen LogP contribution in [-0.4, -0.2) is 26.0 Å². The molecule has 1 N–H and O–H groups in total. The van der Waals surface area contributed by atoms with Gasteiger partial charge < -0.3 is 0 Å². The van der Waals surface area contributed by atoms with Gasteiger partial charge in [-0.3, -0.25) is 0 Å². The van der Waals surface area contributed by atoms with Crippen LogP contribution in [0.1, 0.15) is 19.3 Å². The maximum Gasteiger partial charge on any atom is 0.240 e. The lowest BCUT2D eigenvalue weighted by Crippen LogP contribution is -2.38. The number of hydrogen-bond acceptors (Lipinski definition) is 3. The molecular weight excluding hydrogens is 273 g/mol. The molecule has 1 fully saturated rings. The van der Waals surface area contributed by atoms with E-state index < -0.39 is 15.8 Å². The Bertz CT molecular complexity index is 501. The molecule has 1 saturated carbocycles. The van der Waals surface area contributed by atoms with Crippen molar-refractivity contribution in [1.29, 1.82) is 0 Å². The number of benzene rings is 1. The smallest absolute Gasteiger partial charge is 0.207 e. The summed E-state index contributed by atoms with van der Waals surface area (Å²) in [6.07, 6.45) is 4.95. The van der Waals surface area contributed by atoms with E-state index in [1.807, 2.05) is 6.26 Å². The highest BCUT2D eigenvalue weighted by Gasteiger charge is 2.30. The number of sulfonamides is 1. The van der Waals surface area contributed by atoms with Crippen LogP contribution in [-0.2, 0) is 10.0 Å². The van der Waals surface area contributed by atoms with E-state index >= 15 is 0 Å². The Morgan fingerprint density at radius 2 is 1.94 bits per heavy atom. The van der Waals surface area contributed by atoms with E-state index in [1.165, 1.54) is 12.1 Å². The van der Waals surface area contributed by atoms with E-state index in [2.05, 4.69) is 4.72 Å². The van der Waals surface area contributed by atoms with Crippen LogP contribution >= 0.6 is 11.8 Å². The second kappa shape index (κ2) is 5.59. The van der Waals surface area contributed by atoms with Crippen LogP contribution < -0.4 is 4.72 Å². The van der Waals surface area contributed by atoms with Gasteiger partial charge in [-0.25, -0.2) is 17.5 Å². The van der Waals surface area contributed by atoms with Gasteiger partial charge in [0.2, 0.25) is 10.0 Å². The predicted octanol–water partition coefficient (Wildman–Crippen LogP) is 2.39. The number of hydrogen-bond donors (Lipinski definition) is 1. The molecule has 1 aliphatic rings. The fourth-order valence-corrected chi connectivity index (χ4v) is 4.56. The normalized spacial score (nSPS) is 24.3. The molecule has 1 aromatic rings. The summed E-state index contributed by atoms with van der Waals surface area (Å²) in [4.78, 5) is 0.121. The summed E-state index contributed by atoms with van der Waals surface area (Å²) in [6.45, 7) is 0. The van der Waals surface area contributed by atoms with Crippen molar-refractivity contribution in [2.24, 2.45) is 0 Å². The van der Waals surface area contributed by atoms with E-state index in [0.717, 1.165) is 31.4 Å². The molecule has 2 rings (SSSR count). The number of thioether (sulfide) groups is 1. The molecule has 0 saturated heterocycles. The molecule has 1 aliphatic carbocycles. The number of nitrogens with one attached hydrogen (secondary N) is 1. The van der Waals surface area contributed by atoms with Crippen molar-refractivity contribution < 1.29 is 12.8 Å². The molecule has 0 spiro atoms. The first-order valence-electron chi connectivity index (χ1n) is 5.83. The molecule has 2 unspecified atom stereocenters. The molecule has 100 valence electrons. The van der Waals surface area contributed by atoms with Crippen molar-refractivity contribution in [2.45, 2.75) is 35.4 Å². The lowest BCUT2D eigenvalue weighted by atomic mass is 10.3.